The molecule has 144 valence electrons. The van der Waals surface area contributed by atoms with Crippen molar-refractivity contribution in [1.82, 2.24) is 5.32 Å². The number of amides is 1. The Balaban J connectivity index is 1.87. The van der Waals surface area contributed by atoms with E-state index < -0.39 is 10.0 Å². The lowest BCUT2D eigenvalue weighted by Crippen LogP contribution is -2.32. The molecule has 6 nitrogen and oxygen atoms in total. The molecule has 1 fully saturated rings. The van der Waals surface area contributed by atoms with Gasteiger partial charge in [0.1, 0.15) is 5.75 Å². The third-order valence-corrected chi connectivity index (χ3v) is 6.29. The first-order chi connectivity index (χ1) is 12.9. The van der Waals surface area contributed by atoms with E-state index >= 15 is 0 Å². The van der Waals surface area contributed by atoms with Gasteiger partial charge in [-0.25, -0.2) is 8.42 Å². The van der Waals surface area contributed by atoms with Gasteiger partial charge in [0.15, 0.2) is 0 Å². The van der Waals surface area contributed by atoms with Crippen LogP contribution in [0.25, 0.3) is 0 Å². The smallest absolute Gasteiger partial charge is 0.262 e. The maximum Gasteiger partial charge on any atom is 0.262 e. The van der Waals surface area contributed by atoms with E-state index in [0.717, 1.165) is 25.7 Å². The molecule has 1 aliphatic rings. The van der Waals surface area contributed by atoms with E-state index in [9.17, 15) is 13.2 Å². The van der Waals surface area contributed by atoms with Crippen LogP contribution >= 0.6 is 0 Å². The van der Waals surface area contributed by atoms with E-state index in [4.69, 9.17) is 4.74 Å². The maximum absolute atomic E-state index is 12.9. The number of hydrogen-bond acceptors (Lipinski definition) is 4. The van der Waals surface area contributed by atoms with Gasteiger partial charge in [0.05, 0.1) is 17.7 Å². The summed E-state index contributed by atoms with van der Waals surface area (Å²) in [4.78, 5) is 12.6. The van der Waals surface area contributed by atoms with E-state index in [0.29, 0.717) is 22.6 Å². The zero-order valence-electron chi connectivity index (χ0n) is 15.5. The molecule has 1 aliphatic carbocycles. The summed E-state index contributed by atoms with van der Waals surface area (Å²) < 4.78 is 33.6. The van der Waals surface area contributed by atoms with Gasteiger partial charge >= 0.3 is 0 Å². The van der Waals surface area contributed by atoms with Crippen LogP contribution in [0, 0.1) is 6.92 Å². The van der Waals surface area contributed by atoms with Crippen molar-refractivity contribution in [1.29, 1.82) is 0 Å². The number of aryl methyl sites for hydroxylation is 1. The Bertz CT molecular complexity index is 935. The standard InChI is InChI=1S/C20H24N2O4S/c1-14-11-12-15(20(23)21-16-7-3-4-8-16)13-19(14)27(24,25)22-17-9-5-6-10-18(17)26-2/h5-6,9-13,16,22H,3-4,7-8H2,1-2H3,(H,21,23). The van der Waals surface area contributed by atoms with Gasteiger partial charge < -0.3 is 10.1 Å². The number of anilines is 1. The molecule has 27 heavy (non-hydrogen) atoms. The molecule has 1 saturated carbocycles. The average Bonchev–Trinajstić information content (AvgIpc) is 3.15. The molecule has 0 unspecified atom stereocenters. The highest BCUT2D eigenvalue weighted by molar-refractivity contribution is 7.92. The Morgan fingerprint density at radius 3 is 2.52 bits per heavy atom. The van der Waals surface area contributed by atoms with Gasteiger partial charge in [-0.3, -0.25) is 9.52 Å². The monoisotopic (exact) mass is 388 g/mol. The van der Waals surface area contributed by atoms with E-state index in [-0.39, 0.29) is 16.8 Å². The van der Waals surface area contributed by atoms with E-state index in [1.54, 1.807) is 43.3 Å². The number of sulfonamides is 1. The van der Waals surface area contributed by atoms with Crippen molar-refractivity contribution in [3.63, 3.8) is 0 Å². The molecular formula is C20H24N2O4S. The summed E-state index contributed by atoms with van der Waals surface area (Å²) in [5.74, 6) is 0.185. The molecule has 0 heterocycles. The number of carbonyl (C=O) groups excluding carboxylic acids is 1. The number of para-hydroxylation sites is 2. The van der Waals surface area contributed by atoms with Crippen LogP contribution in [0.2, 0.25) is 0 Å². The van der Waals surface area contributed by atoms with Crippen LogP contribution in [0.15, 0.2) is 47.4 Å². The summed E-state index contributed by atoms with van der Waals surface area (Å²) in [5.41, 5.74) is 1.25. The fraction of sp³-hybridized carbons (Fsp3) is 0.350. The van der Waals surface area contributed by atoms with Crippen molar-refractivity contribution >= 4 is 21.6 Å². The number of nitrogens with one attached hydrogen (secondary N) is 2. The van der Waals surface area contributed by atoms with Gasteiger partial charge in [0.2, 0.25) is 0 Å². The summed E-state index contributed by atoms with van der Waals surface area (Å²) in [6, 6.07) is 11.7. The minimum absolute atomic E-state index is 0.0764. The zero-order chi connectivity index (χ0) is 19.4. The molecule has 2 aromatic carbocycles. The fourth-order valence-electron chi connectivity index (χ4n) is 3.30. The lowest BCUT2D eigenvalue weighted by atomic mass is 10.1. The predicted molar refractivity (Wildman–Crippen MR) is 105 cm³/mol. The SMILES string of the molecule is COc1ccccc1NS(=O)(=O)c1cc(C(=O)NC2CCCC2)ccc1C. The van der Waals surface area contributed by atoms with Gasteiger partial charge in [0.25, 0.3) is 15.9 Å². The van der Waals surface area contributed by atoms with Crippen LogP contribution in [-0.4, -0.2) is 27.5 Å². The molecule has 0 atom stereocenters. The number of benzene rings is 2. The topological polar surface area (TPSA) is 84.5 Å². The van der Waals surface area contributed by atoms with Gasteiger partial charge in [0, 0.05) is 11.6 Å². The van der Waals surface area contributed by atoms with Gasteiger partial charge in [-0.2, -0.15) is 0 Å². The van der Waals surface area contributed by atoms with Crippen molar-refractivity contribution in [3.8, 4) is 5.75 Å². The van der Waals surface area contributed by atoms with Crippen LogP contribution in [0.3, 0.4) is 0 Å². The number of rotatable bonds is 6. The van der Waals surface area contributed by atoms with Crippen molar-refractivity contribution in [3.05, 3.63) is 53.6 Å². The van der Waals surface area contributed by atoms with Crippen molar-refractivity contribution in [2.24, 2.45) is 0 Å². The normalized spacial score (nSPS) is 14.7. The summed E-state index contributed by atoms with van der Waals surface area (Å²) >= 11 is 0. The molecule has 0 aliphatic heterocycles. The first kappa shape index (κ1) is 19.2. The number of ether oxygens (including phenoxy) is 1. The molecule has 0 radical (unpaired) electrons. The third kappa shape index (κ3) is 4.42. The van der Waals surface area contributed by atoms with Crippen LogP contribution < -0.4 is 14.8 Å². The Morgan fingerprint density at radius 1 is 1.11 bits per heavy atom. The molecular weight excluding hydrogens is 364 g/mol. The highest BCUT2D eigenvalue weighted by Crippen LogP contribution is 2.27. The Labute approximate surface area is 160 Å². The summed E-state index contributed by atoms with van der Waals surface area (Å²) in [6.07, 6.45) is 4.17. The quantitative estimate of drug-likeness (QED) is 0.793. The average molecular weight is 388 g/mol. The van der Waals surface area contributed by atoms with E-state index in [2.05, 4.69) is 10.0 Å². The molecule has 1 amide bonds. The maximum atomic E-state index is 12.9. The van der Waals surface area contributed by atoms with Crippen molar-refractivity contribution in [2.75, 3.05) is 11.8 Å². The summed E-state index contributed by atoms with van der Waals surface area (Å²) in [7, 11) is -2.39. The molecule has 0 aromatic heterocycles. The number of hydrogen-bond donors (Lipinski definition) is 2. The Hall–Kier alpha value is -2.54. The minimum atomic E-state index is -3.87. The summed E-state index contributed by atoms with van der Waals surface area (Å²) in [5, 5.41) is 2.99. The Kier molecular flexibility index (Phi) is 5.70. The summed E-state index contributed by atoms with van der Waals surface area (Å²) in [6.45, 7) is 1.70. The first-order valence-corrected chi connectivity index (χ1v) is 10.5. The lowest BCUT2D eigenvalue weighted by molar-refractivity contribution is 0.0937. The molecule has 2 N–H and O–H groups in total. The fourth-order valence-corrected chi connectivity index (χ4v) is 4.64. The second-order valence-electron chi connectivity index (χ2n) is 6.74. The minimum Gasteiger partial charge on any atom is -0.495 e. The molecule has 2 aromatic rings. The van der Waals surface area contributed by atoms with E-state index in [1.807, 2.05) is 0 Å². The van der Waals surface area contributed by atoms with Gasteiger partial charge in [-0.05, 0) is 49.6 Å². The van der Waals surface area contributed by atoms with Gasteiger partial charge in [-0.15, -0.1) is 0 Å². The largest absolute Gasteiger partial charge is 0.495 e. The van der Waals surface area contributed by atoms with E-state index in [1.165, 1.54) is 13.2 Å². The number of methoxy groups -OCH3 is 1. The molecule has 0 saturated heterocycles. The molecule has 0 bridgehead atoms. The highest BCUT2D eigenvalue weighted by Gasteiger charge is 2.22. The molecule has 7 heteroatoms. The second kappa shape index (κ2) is 8.00. The van der Waals surface area contributed by atoms with Crippen LogP contribution in [0.1, 0.15) is 41.6 Å². The highest BCUT2D eigenvalue weighted by atomic mass is 32.2. The van der Waals surface area contributed by atoms with Crippen molar-refractivity contribution in [2.45, 2.75) is 43.5 Å². The first-order valence-electron chi connectivity index (χ1n) is 8.98. The predicted octanol–water partition coefficient (Wildman–Crippen LogP) is 3.48. The van der Waals surface area contributed by atoms with Gasteiger partial charge in [-0.1, -0.05) is 31.0 Å². The number of carbonyl (C=O) groups is 1. The molecule has 0 spiro atoms. The van der Waals surface area contributed by atoms with Crippen LogP contribution in [0.4, 0.5) is 5.69 Å². The molecule has 3 rings (SSSR count). The van der Waals surface area contributed by atoms with Crippen LogP contribution in [-0.2, 0) is 10.0 Å². The second-order valence-corrected chi connectivity index (χ2v) is 8.39. The lowest BCUT2D eigenvalue weighted by Gasteiger charge is -2.15. The van der Waals surface area contributed by atoms with Crippen molar-refractivity contribution < 1.29 is 17.9 Å². The zero-order valence-corrected chi connectivity index (χ0v) is 16.3. The van der Waals surface area contributed by atoms with Crippen LogP contribution in [0.5, 0.6) is 5.75 Å². The Morgan fingerprint density at radius 2 is 1.81 bits per heavy atom. The third-order valence-electron chi connectivity index (χ3n) is 4.78.